The van der Waals surface area contributed by atoms with Gasteiger partial charge in [0.05, 0.1) is 39.6 Å². The lowest BCUT2D eigenvalue weighted by molar-refractivity contribution is -0.137. The maximum Gasteiger partial charge on any atom is 0.303 e. The second kappa shape index (κ2) is 26.0. The van der Waals surface area contributed by atoms with E-state index >= 15 is 0 Å². The predicted molar refractivity (Wildman–Crippen MR) is 134 cm³/mol. The van der Waals surface area contributed by atoms with Crippen molar-refractivity contribution in [3.63, 3.8) is 0 Å². The molecule has 14 nitrogen and oxygen atoms in total. The molecule has 0 radical (unpaired) electrons. The molecular weight excluding hydrogens is 506 g/mol. The molecule has 0 atom stereocenters. The summed E-state index contributed by atoms with van der Waals surface area (Å²) >= 11 is 0. The van der Waals surface area contributed by atoms with E-state index in [4.69, 9.17) is 29.2 Å². The van der Waals surface area contributed by atoms with Crippen molar-refractivity contribution in [2.24, 2.45) is 0 Å². The molecule has 0 aromatic carbocycles. The van der Waals surface area contributed by atoms with Crippen LogP contribution in [0.2, 0.25) is 0 Å². The second-order valence-corrected chi connectivity index (χ2v) is 8.13. The number of nitrogens with one attached hydrogen (secondary N) is 3. The minimum Gasteiger partial charge on any atom is -0.481 e. The molecule has 0 bridgehead atoms. The molecule has 0 saturated heterocycles. The van der Waals surface area contributed by atoms with E-state index in [0.717, 1.165) is 12.8 Å². The molecule has 38 heavy (non-hydrogen) atoms. The van der Waals surface area contributed by atoms with Gasteiger partial charge in [-0.2, -0.15) is 0 Å². The monoisotopic (exact) mass is 549 g/mol. The van der Waals surface area contributed by atoms with Crippen molar-refractivity contribution in [2.45, 2.75) is 44.9 Å². The average molecular weight is 550 g/mol. The Morgan fingerprint density at radius 1 is 0.526 bits per heavy atom. The van der Waals surface area contributed by atoms with Gasteiger partial charge in [-0.3, -0.25) is 24.0 Å². The normalized spacial score (nSPS) is 10.7. The third-order valence-corrected chi connectivity index (χ3v) is 4.77. The van der Waals surface area contributed by atoms with Crippen molar-refractivity contribution in [1.29, 1.82) is 0 Å². The Balaban J connectivity index is 3.36. The first-order valence-electron chi connectivity index (χ1n) is 12.8. The number of aliphatic carboxylic acids is 1. The number of ether oxygens (including phenoxy) is 4. The number of unbranched alkanes of at least 4 members (excludes halogenated alkanes) is 2. The lowest BCUT2D eigenvalue weighted by atomic mass is 10.1. The SMILES string of the molecule is O=C(O)CCCC(=O)NCCOCCOCC(=O)NCCOCCOCC(=O)NCCCCCC(=O)CO. The Morgan fingerprint density at radius 2 is 1.05 bits per heavy atom. The summed E-state index contributed by atoms with van der Waals surface area (Å²) in [7, 11) is 0. The maximum absolute atomic E-state index is 11.7. The Hall–Kier alpha value is -2.65. The third kappa shape index (κ3) is 26.4. The highest BCUT2D eigenvalue weighted by Gasteiger charge is 2.05. The lowest BCUT2D eigenvalue weighted by Gasteiger charge is -2.09. The highest BCUT2D eigenvalue weighted by atomic mass is 16.5. The van der Waals surface area contributed by atoms with Crippen LogP contribution < -0.4 is 16.0 Å². The van der Waals surface area contributed by atoms with Crippen molar-refractivity contribution in [3.05, 3.63) is 0 Å². The molecule has 0 aliphatic rings. The molecule has 0 aromatic heterocycles. The van der Waals surface area contributed by atoms with Crippen molar-refractivity contribution < 1.29 is 53.1 Å². The molecule has 220 valence electrons. The van der Waals surface area contributed by atoms with Gasteiger partial charge in [0.1, 0.15) is 19.8 Å². The van der Waals surface area contributed by atoms with E-state index in [2.05, 4.69) is 16.0 Å². The van der Waals surface area contributed by atoms with Crippen LogP contribution in [0.25, 0.3) is 0 Å². The third-order valence-electron chi connectivity index (χ3n) is 4.77. The predicted octanol–water partition coefficient (Wildman–Crippen LogP) is -1.22. The van der Waals surface area contributed by atoms with Gasteiger partial charge in [-0.05, 0) is 19.3 Å². The summed E-state index contributed by atoms with van der Waals surface area (Å²) < 4.78 is 21.0. The number of aliphatic hydroxyl groups is 1. The number of Topliss-reactive ketones (excluding diaryl/α,β-unsaturated/α-hetero) is 1. The van der Waals surface area contributed by atoms with Crippen LogP contribution in [0.15, 0.2) is 0 Å². The van der Waals surface area contributed by atoms with E-state index < -0.39 is 12.6 Å². The number of hydrogen-bond acceptors (Lipinski definition) is 10. The van der Waals surface area contributed by atoms with Gasteiger partial charge in [-0.1, -0.05) is 6.42 Å². The zero-order chi connectivity index (χ0) is 28.3. The number of carboxylic acids is 1. The molecule has 0 saturated carbocycles. The van der Waals surface area contributed by atoms with Crippen molar-refractivity contribution in [2.75, 3.05) is 79.1 Å². The summed E-state index contributed by atoms with van der Waals surface area (Å²) in [6, 6.07) is 0. The fraction of sp³-hybridized carbons (Fsp3) is 0.792. The molecule has 0 spiro atoms. The molecular formula is C24H43N3O11. The Bertz CT molecular complexity index is 677. The zero-order valence-electron chi connectivity index (χ0n) is 22.0. The molecule has 0 rings (SSSR count). The molecule has 0 aromatic rings. The van der Waals surface area contributed by atoms with Crippen molar-refractivity contribution in [1.82, 2.24) is 16.0 Å². The zero-order valence-corrected chi connectivity index (χ0v) is 22.0. The van der Waals surface area contributed by atoms with Gasteiger partial charge in [-0.25, -0.2) is 0 Å². The largest absolute Gasteiger partial charge is 0.481 e. The molecule has 0 aliphatic carbocycles. The topological polar surface area (TPSA) is 199 Å². The number of ketones is 1. The smallest absolute Gasteiger partial charge is 0.303 e. The number of rotatable bonds is 27. The fourth-order valence-electron chi connectivity index (χ4n) is 2.82. The van der Waals surface area contributed by atoms with Crippen LogP contribution in [0.5, 0.6) is 0 Å². The quantitative estimate of drug-likeness (QED) is 0.0769. The summed E-state index contributed by atoms with van der Waals surface area (Å²) in [6.07, 6.45) is 2.99. The van der Waals surface area contributed by atoms with Crippen LogP contribution in [-0.4, -0.2) is 119 Å². The van der Waals surface area contributed by atoms with E-state index in [-0.39, 0.29) is 89.2 Å². The summed E-state index contributed by atoms with van der Waals surface area (Å²) in [5.41, 5.74) is 0. The van der Waals surface area contributed by atoms with Gasteiger partial charge in [0.2, 0.25) is 17.7 Å². The first-order chi connectivity index (χ1) is 18.3. The van der Waals surface area contributed by atoms with Crippen molar-refractivity contribution >= 4 is 29.5 Å². The van der Waals surface area contributed by atoms with E-state index in [0.29, 0.717) is 38.9 Å². The van der Waals surface area contributed by atoms with Crippen molar-refractivity contribution in [3.8, 4) is 0 Å². The first kappa shape index (κ1) is 35.4. The Labute approximate surface area is 223 Å². The number of carbonyl (C=O) groups excluding carboxylic acids is 4. The fourth-order valence-corrected chi connectivity index (χ4v) is 2.82. The maximum atomic E-state index is 11.7. The Morgan fingerprint density at radius 3 is 1.61 bits per heavy atom. The second-order valence-electron chi connectivity index (χ2n) is 8.13. The molecule has 0 fully saturated rings. The van der Waals surface area contributed by atoms with Crippen LogP contribution in [0.4, 0.5) is 0 Å². The van der Waals surface area contributed by atoms with Crippen LogP contribution in [0, 0.1) is 0 Å². The van der Waals surface area contributed by atoms with Gasteiger partial charge in [0.15, 0.2) is 5.78 Å². The molecule has 0 unspecified atom stereocenters. The van der Waals surface area contributed by atoms with E-state index in [1.165, 1.54) is 0 Å². The van der Waals surface area contributed by atoms with Gasteiger partial charge in [-0.15, -0.1) is 0 Å². The minimum absolute atomic E-state index is 0.0407. The van der Waals surface area contributed by atoms with Gasteiger partial charge >= 0.3 is 5.97 Å². The average Bonchev–Trinajstić information content (AvgIpc) is 2.88. The summed E-state index contributed by atoms with van der Waals surface area (Å²) in [6.45, 7) is 2.04. The Kier molecular flexibility index (Phi) is 24.2. The number of hydrogen-bond donors (Lipinski definition) is 5. The molecule has 0 aliphatic heterocycles. The summed E-state index contributed by atoms with van der Waals surface area (Å²) in [5, 5.41) is 25.1. The molecule has 0 heterocycles. The van der Waals surface area contributed by atoms with E-state index in [1.54, 1.807) is 0 Å². The summed E-state index contributed by atoms with van der Waals surface area (Å²) in [4.78, 5) is 56.1. The van der Waals surface area contributed by atoms with Crippen LogP contribution >= 0.6 is 0 Å². The van der Waals surface area contributed by atoms with Crippen LogP contribution in [-0.2, 0) is 42.9 Å². The van der Waals surface area contributed by atoms with Gasteiger partial charge in [0.25, 0.3) is 0 Å². The van der Waals surface area contributed by atoms with E-state index in [9.17, 15) is 24.0 Å². The number of carboxylic acid groups (broad SMARTS) is 1. The number of aliphatic hydroxyl groups excluding tert-OH is 1. The van der Waals surface area contributed by atoms with Crippen LogP contribution in [0.1, 0.15) is 44.9 Å². The summed E-state index contributed by atoms with van der Waals surface area (Å²) in [5.74, 6) is -1.86. The number of amides is 3. The molecule has 3 amide bonds. The van der Waals surface area contributed by atoms with Gasteiger partial charge < -0.3 is 45.1 Å². The molecule has 5 N–H and O–H groups in total. The highest BCUT2D eigenvalue weighted by molar-refractivity contribution is 5.79. The van der Waals surface area contributed by atoms with Crippen LogP contribution in [0.3, 0.4) is 0 Å². The first-order valence-corrected chi connectivity index (χ1v) is 12.8. The minimum atomic E-state index is -0.930. The number of carbonyl (C=O) groups is 5. The standard InChI is InChI=1S/C24H43N3O11/c28-17-20(29)5-2-1-3-8-25-22(31)18-37-15-14-36-12-10-27-23(32)19-38-16-13-35-11-9-26-21(30)6-4-7-24(33)34/h28H,1-19H2,(H,25,31)(H,26,30)(H,27,32)(H,33,34). The van der Waals surface area contributed by atoms with Gasteiger partial charge in [0, 0.05) is 38.9 Å². The molecule has 14 heteroatoms. The lowest BCUT2D eigenvalue weighted by Crippen LogP contribution is -2.31. The van der Waals surface area contributed by atoms with E-state index in [1.807, 2.05) is 0 Å². The highest BCUT2D eigenvalue weighted by Crippen LogP contribution is 1.99.